The number of rotatable bonds is 4. The Morgan fingerprint density at radius 2 is 2.38 bits per heavy atom. The molecule has 5 heteroatoms. The van der Waals surface area contributed by atoms with Crippen molar-refractivity contribution in [2.75, 3.05) is 33.8 Å². The van der Waals surface area contributed by atoms with Crippen molar-refractivity contribution < 1.29 is 9.53 Å². The highest BCUT2D eigenvalue weighted by Crippen LogP contribution is 2.23. The normalized spacial score (nSPS) is 19.0. The molecule has 1 aromatic carbocycles. The summed E-state index contributed by atoms with van der Waals surface area (Å²) in [6.07, 6.45) is 2.92. The van der Waals surface area contributed by atoms with Crippen LogP contribution in [0.1, 0.15) is 16.8 Å². The fourth-order valence-electron chi connectivity index (χ4n) is 2.94. The van der Waals surface area contributed by atoms with Crippen molar-refractivity contribution in [3.05, 3.63) is 30.0 Å². The van der Waals surface area contributed by atoms with E-state index in [-0.39, 0.29) is 5.91 Å². The van der Waals surface area contributed by atoms with Crippen LogP contribution in [-0.2, 0) is 0 Å². The SMILES string of the molecule is COc1ccc2[nH]cc(C(=O)NCC3CCN(C)C3)c2c1. The third kappa shape index (κ3) is 2.88. The summed E-state index contributed by atoms with van der Waals surface area (Å²) in [6, 6.07) is 5.70. The maximum Gasteiger partial charge on any atom is 0.253 e. The smallest absolute Gasteiger partial charge is 0.253 e. The lowest BCUT2D eigenvalue weighted by molar-refractivity contribution is 0.0949. The lowest BCUT2D eigenvalue weighted by Crippen LogP contribution is -2.30. The molecule has 1 aromatic heterocycles. The highest BCUT2D eigenvalue weighted by molar-refractivity contribution is 6.07. The summed E-state index contributed by atoms with van der Waals surface area (Å²) in [5.41, 5.74) is 1.62. The van der Waals surface area contributed by atoms with Gasteiger partial charge in [0.05, 0.1) is 12.7 Å². The number of aromatic nitrogens is 1. The summed E-state index contributed by atoms with van der Waals surface area (Å²) in [7, 11) is 3.75. The van der Waals surface area contributed by atoms with Crippen molar-refractivity contribution in [3.63, 3.8) is 0 Å². The van der Waals surface area contributed by atoms with E-state index in [1.54, 1.807) is 13.3 Å². The number of benzene rings is 1. The molecule has 1 saturated heterocycles. The summed E-state index contributed by atoms with van der Waals surface area (Å²) in [6.45, 7) is 2.91. The largest absolute Gasteiger partial charge is 0.497 e. The number of aromatic amines is 1. The molecule has 1 aliphatic rings. The summed E-state index contributed by atoms with van der Waals surface area (Å²) in [5.74, 6) is 1.29. The molecule has 112 valence electrons. The van der Waals surface area contributed by atoms with E-state index in [0.717, 1.165) is 42.7 Å². The van der Waals surface area contributed by atoms with Gasteiger partial charge in [-0.25, -0.2) is 0 Å². The Hall–Kier alpha value is -2.01. The van der Waals surface area contributed by atoms with Crippen LogP contribution < -0.4 is 10.1 Å². The van der Waals surface area contributed by atoms with Gasteiger partial charge in [0.2, 0.25) is 0 Å². The Morgan fingerprint density at radius 1 is 1.52 bits per heavy atom. The number of H-pyrrole nitrogens is 1. The Balaban J connectivity index is 1.72. The van der Waals surface area contributed by atoms with Crippen molar-refractivity contribution in [1.82, 2.24) is 15.2 Å². The van der Waals surface area contributed by atoms with Crippen LogP contribution in [0.15, 0.2) is 24.4 Å². The number of ether oxygens (including phenoxy) is 1. The van der Waals surface area contributed by atoms with Crippen LogP contribution in [0.2, 0.25) is 0 Å². The summed E-state index contributed by atoms with van der Waals surface area (Å²) in [5, 5.41) is 3.95. The molecule has 0 bridgehead atoms. The highest BCUT2D eigenvalue weighted by Gasteiger charge is 2.20. The van der Waals surface area contributed by atoms with Gasteiger partial charge in [-0.15, -0.1) is 0 Å². The summed E-state index contributed by atoms with van der Waals surface area (Å²) >= 11 is 0. The minimum absolute atomic E-state index is 0.0240. The average molecular weight is 287 g/mol. The second-order valence-electron chi connectivity index (χ2n) is 5.74. The molecule has 2 N–H and O–H groups in total. The van der Waals surface area contributed by atoms with E-state index in [2.05, 4.69) is 22.2 Å². The monoisotopic (exact) mass is 287 g/mol. The summed E-state index contributed by atoms with van der Waals surface area (Å²) in [4.78, 5) is 17.8. The highest BCUT2D eigenvalue weighted by atomic mass is 16.5. The average Bonchev–Trinajstić information content (AvgIpc) is 3.10. The van der Waals surface area contributed by atoms with Gasteiger partial charge in [-0.05, 0) is 44.1 Å². The van der Waals surface area contributed by atoms with E-state index >= 15 is 0 Å². The van der Waals surface area contributed by atoms with Gasteiger partial charge in [0.1, 0.15) is 5.75 Å². The summed E-state index contributed by atoms with van der Waals surface area (Å²) < 4.78 is 5.23. The van der Waals surface area contributed by atoms with Crippen LogP contribution >= 0.6 is 0 Å². The molecule has 21 heavy (non-hydrogen) atoms. The molecule has 1 unspecified atom stereocenters. The number of nitrogens with zero attached hydrogens (tertiary/aromatic N) is 1. The molecule has 1 amide bonds. The maximum atomic E-state index is 12.4. The number of hydrogen-bond acceptors (Lipinski definition) is 3. The third-order valence-electron chi connectivity index (χ3n) is 4.17. The first-order chi connectivity index (χ1) is 10.2. The Labute approximate surface area is 124 Å². The van der Waals surface area contributed by atoms with Gasteiger partial charge in [0.15, 0.2) is 0 Å². The van der Waals surface area contributed by atoms with Crippen molar-refractivity contribution in [2.24, 2.45) is 5.92 Å². The number of likely N-dealkylation sites (tertiary alicyclic amines) is 1. The predicted molar refractivity (Wildman–Crippen MR) is 82.8 cm³/mol. The van der Waals surface area contributed by atoms with Crippen molar-refractivity contribution in [1.29, 1.82) is 0 Å². The quantitative estimate of drug-likeness (QED) is 0.902. The Bertz CT molecular complexity index is 650. The molecule has 1 aliphatic heterocycles. The number of amides is 1. The number of hydrogen-bond donors (Lipinski definition) is 2. The zero-order valence-corrected chi connectivity index (χ0v) is 12.5. The molecule has 3 rings (SSSR count). The van der Waals surface area contributed by atoms with Gasteiger partial charge in [-0.3, -0.25) is 4.79 Å². The minimum Gasteiger partial charge on any atom is -0.497 e. The standard InChI is InChI=1S/C16H21N3O2/c1-19-6-5-11(10-19)8-18-16(20)14-9-17-15-4-3-12(21-2)7-13(14)15/h3-4,7,9,11,17H,5-6,8,10H2,1-2H3,(H,18,20). The predicted octanol–water partition coefficient (Wildman–Crippen LogP) is 1.86. The van der Waals surface area contributed by atoms with Crippen molar-refractivity contribution in [2.45, 2.75) is 6.42 Å². The minimum atomic E-state index is -0.0240. The Kier molecular flexibility index (Phi) is 3.84. The van der Waals surface area contributed by atoms with Gasteiger partial charge in [0, 0.05) is 30.2 Å². The van der Waals surface area contributed by atoms with Crippen LogP contribution in [0.25, 0.3) is 10.9 Å². The molecule has 5 nitrogen and oxygen atoms in total. The molecule has 0 radical (unpaired) electrons. The Morgan fingerprint density at radius 3 is 3.10 bits per heavy atom. The second-order valence-corrected chi connectivity index (χ2v) is 5.74. The molecule has 0 spiro atoms. The van der Waals surface area contributed by atoms with E-state index in [0.29, 0.717) is 11.5 Å². The lowest BCUT2D eigenvalue weighted by Gasteiger charge is -2.11. The van der Waals surface area contributed by atoms with Crippen LogP contribution in [0, 0.1) is 5.92 Å². The first-order valence-corrected chi connectivity index (χ1v) is 7.29. The number of carbonyl (C=O) groups excluding carboxylic acids is 1. The van der Waals surface area contributed by atoms with E-state index < -0.39 is 0 Å². The molecule has 1 fully saturated rings. The zero-order chi connectivity index (χ0) is 14.8. The molecule has 0 aliphatic carbocycles. The number of nitrogens with one attached hydrogen (secondary N) is 2. The first kappa shape index (κ1) is 13.9. The van der Waals surface area contributed by atoms with Crippen molar-refractivity contribution >= 4 is 16.8 Å². The van der Waals surface area contributed by atoms with Crippen molar-refractivity contribution in [3.8, 4) is 5.75 Å². The van der Waals surface area contributed by atoms with E-state index in [1.165, 1.54) is 0 Å². The van der Waals surface area contributed by atoms with Gasteiger partial charge in [0.25, 0.3) is 5.91 Å². The third-order valence-corrected chi connectivity index (χ3v) is 4.17. The zero-order valence-electron chi connectivity index (χ0n) is 12.5. The molecule has 1 atom stereocenters. The molecular weight excluding hydrogens is 266 g/mol. The maximum absolute atomic E-state index is 12.4. The van der Waals surface area contributed by atoms with Crippen LogP contribution in [0.4, 0.5) is 0 Å². The molecular formula is C16H21N3O2. The number of carbonyl (C=O) groups is 1. The first-order valence-electron chi connectivity index (χ1n) is 7.29. The number of methoxy groups -OCH3 is 1. The van der Waals surface area contributed by atoms with Gasteiger partial charge >= 0.3 is 0 Å². The number of fused-ring (bicyclic) bond motifs is 1. The topological polar surface area (TPSA) is 57.4 Å². The van der Waals surface area contributed by atoms with Gasteiger partial charge < -0.3 is 19.9 Å². The van der Waals surface area contributed by atoms with Gasteiger partial charge in [-0.1, -0.05) is 0 Å². The van der Waals surface area contributed by atoms with E-state index in [1.807, 2.05) is 18.2 Å². The van der Waals surface area contributed by atoms with E-state index in [9.17, 15) is 4.79 Å². The lowest BCUT2D eigenvalue weighted by atomic mass is 10.1. The van der Waals surface area contributed by atoms with Crippen LogP contribution in [-0.4, -0.2) is 49.6 Å². The van der Waals surface area contributed by atoms with E-state index in [4.69, 9.17) is 4.74 Å². The van der Waals surface area contributed by atoms with Gasteiger partial charge in [-0.2, -0.15) is 0 Å². The van der Waals surface area contributed by atoms with Crippen LogP contribution in [0.5, 0.6) is 5.75 Å². The second kappa shape index (κ2) is 5.77. The fraction of sp³-hybridized carbons (Fsp3) is 0.438. The molecule has 2 heterocycles. The van der Waals surface area contributed by atoms with Crippen LogP contribution in [0.3, 0.4) is 0 Å². The fourth-order valence-corrected chi connectivity index (χ4v) is 2.94. The molecule has 0 saturated carbocycles. The molecule has 2 aromatic rings.